The van der Waals surface area contributed by atoms with E-state index in [4.69, 9.17) is 15.3 Å². The molecule has 0 fully saturated rings. The fraction of sp³-hybridized carbons (Fsp3) is 0.231. The van der Waals surface area contributed by atoms with Crippen LogP contribution >= 0.6 is 0 Å². The van der Waals surface area contributed by atoms with Gasteiger partial charge in [0.15, 0.2) is 0 Å². The Balaban J connectivity index is 1.85. The third kappa shape index (κ3) is 7.63. The summed E-state index contributed by atoms with van der Waals surface area (Å²) in [6, 6.07) is 18.2. The van der Waals surface area contributed by atoms with Crippen LogP contribution < -0.4 is 10.1 Å². The van der Waals surface area contributed by atoms with Crippen LogP contribution in [0.15, 0.2) is 59.7 Å². The smallest absolute Gasteiger partial charge is 0.348 e. The number of nitrogens with one attached hydrogen (secondary N) is 1. The molecule has 0 radical (unpaired) electrons. The first kappa shape index (κ1) is 25.9. The average Bonchev–Trinajstić information content (AvgIpc) is 2.88. The van der Waals surface area contributed by atoms with Gasteiger partial charge in [-0.3, -0.25) is 0 Å². The van der Waals surface area contributed by atoms with Crippen LogP contribution in [-0.4, -0.2) is 39.3 Å². The highest BCUT2D eigenvalue weighted by atomic mass is 16.5. The summed E-state index contributed by atoms with van der Waals surface area (Å²) in [5, 5.41) is 21.4. The number of benzene rings is 2. The van der Waals surface area contributed by atoms with Gasteiger partial charge in [-0.15, -0.1) is 0 Å². The highest BCUT2D eigenvalue weighted by Gasteiger charge is 2.10. The number of nitrogens with zero attached hydrogens (tertiary/aromatic N) is 2. The SMILES string of the molecule is COC(=O)C(C#N)=Cc1ccc(OCCNC(C)c2ccc(C=C(C#N)C(=O)OC)cc2)cc1. The average molecular weight is 460 g/mol. The zero-order chi connectivity index (χ0) is 24.9. The van der Waals surface area contributed by atoms with E-state index in [9.17, 15) is 9.59 Å². The predicted molar refractivity (Wildman–Crippen MR) is 126 cm³/mol. The van der Waals surface area contributed by atoms with Crippen LogP contribution in [0.5, 0.6) is 5.75 Å². The molecule has 1 unspecified atom stereocenters. The summed E-state index contributed by atoms with van der Waals surface area (Å²) in [4.78, 5) is 23.0. The zero-order valence-electron chi connectivity index (χ0n) is 19.2. The Morgan fingerprint density at radius 3 is 1.79 bits per heavy atom. The zero-order valence-corrected chi connectivity index (χ0v) is 19.2. The Morgan fingerprint density at radius 1 is 0.882 bits per heavy atom. The fourth-order valence-electron chi connectivity index (χ4n) is 2.93. The lowest BCUT2D eigenvalue weighted by Gasteiger charge is -2.15. The lowest BCUT2D eigenvalue weighted by Crippen LogP contribution is -2.24. The van der Waals surface area contributed by atoms with Crippen molar-refractivity contribution in [2.75, 3.05) is 27.4 Å². The van der Waals surface area contributed by atoms with Gasteiger partial charge in [-0.05, 0) is 47.9 Å². The van der Waals surface area contributed by atoms with Gasteiger partial charge < -0.3 is 19.5 Å². The Kier molecular flexibility index (Phi) is 10.1. The minimum absolute atomic E-state index is 0.0587. The van der Waals surface area contributed by atoms with Crippen molar-refractivity contribution in [1.29, 1.82) is 10.5 Å². The maximum absolute atomic E-state index is 11.5. The van der Waals surface area contributed by atoms with E-state index < -0.39 is 11.9 Å². The molecule has 8 heteroatoms. The first-order valence-corrected chi connectivity index (χ1v) is 10.4. The lowest BCUT2D eigenvalue weighted by molar-refractivity contribution is -0.136. The molecule has 1 atom stereocenters. The molecule has 34 heavy (non-hydrogen) atoms. The number of rotatable bonds is 10. The van der Waals surface area contributed by atoms with Gasteiger partial charge in [0.2, 0.25) is 0 Å². The number of carbonyl (C=O) groups excluding carboxylic acids is 2. The summed E-state index contributed by atoms with van der Waals surface area (Å²) in [6.07, 6.45) is 2.94. The van der Waals surface area contributed by atoms with Gasteiger partial charge in [-0.2, -0.15) is 10.5 Å². The van der Waals surface area contributed by atoms with E-state index in [-0.39, 0.29) is 17.2 Å². The van der Waals surface area contributed by atoms with Crippen molar-refractivity contribution in [2.24, 2.45) is 0 Å². The number of ether oxygens (including phenoxy) is 3. The Hall–Kier alpha value is -4.40. The van der Waals surface area contributed by atoms with Gasteiger partial charge >= 0.3 is 11.9 Å². The summed E-state index contributed by atoms with van der Waals surface area (Å²) in [6.45, 7) is 3.07. The van der Waals surface area contributed by atoms with Crippen LogP contribution in [0, 0.1) is 22.7 Å². The van der Waals surface area contributed by atoms with E-state index in [2.05, 4.69) is 14.8 Å². The van der Waals surface area contributed by atoms with Crippen LogP contribution in [0.2, 0.25) is 0 Å². The summed E-state index contributed by atoms with van der Waals surface area (Å²) < 4.78 is 14.9. The van der Waals surface area contributed by atoms with E-state index in [0.717, 1.165) is 11.1 Å². The van der Waals surface area contributed by atoms with Crippen LogP contribution in [0.4, 0.5) is 0 Å². The third-order valence-electron chi connectivity index (χ3n) is 4.81. The van der Waals surface area contributed by atoms with Gasteiger partial charge in [0.25, 0.3) is 0 Å². The van der Waals surface area contributed by atoms with E-state index in [1.807, 2.05) is 43.3 Å². The highest BCUT2D eigenvalue weighted by Crippen LogP contribution is 2.17. The molecule has 0 aliphatic carbocycles. The molecule has 0 heterocycles. The van der Waals surface area contributed by atoms with Crippen molar-refractivity contribution in [3.63, 3.8) is 0 Å². The van der Waals surface area contributed by atoms with Gasteiger partial charge in [0.05, 0.1) is 14.2 Å². The van der Waals surface area contributed by atoms with Crippen molar-refractivity contribution in [1.82, 2.24) is 5.32 Å². The minimum Gasteiger partial charge on any atom is -0.492 e. The van der Waals surface area contributed by atoms with Crippen molar-refractivity contribution < 1.29 is 23.8 Å². The van der Waals surface area contributed by atoms with Crippen molar-refractivity contribution in [2.45, 2.75) is 13.0 Å². The summed E-state index contributed by atoms with van der Waals surface area (Å²) in [7, 11) is 2.46. The van der Waals surface area contributed by atoms with Crippen LogP contribution in [0.3, 0.4) is 0 Å². The predicted octanol–water partition coefficient (Wildman–Crippen LogP) is 3.58. The first-order chi connectivity index (χ1) is 16.4. The Morgan fingerprint density at radius 2 is 1.35 bits per heavy atom. The number of esters is 2. The first-order valence-electron chi connectivity index (χ1n) is 10.4. The van der Waals surface area contributed by atoms with Crippen LogP contribution in [0.25, 0.3) is 12.2 Å². The van der Waals surface area contributed by atoms with Gasteiger partial charge in [0, 0.05) is 12.6 Å². The number of hydrogen-bond donors (Lipinski definition) is 1. The second-order valence-electron chi connectivity index (χ2n) is 7.08. The van der Waals surface area contributed by atoms with Gasteiger partial charge in [-0.25, -0.2) is 9.59 Å². The molecule has 0 aromatic heterocycles. The van der Waals surface area contributed by atoms with Crippen molar-refractivity contribution in [3.05, 3.63) is 76.4 Å². The topological polar surface area (TPSA) is 121 Å². The summed E-state index contributed by atoms with van der Waals surface area (Å²) in [5.41, 5.74) is 2.33. The Bertz CT molecular complexity index is 1140. The molecule has 2 aromatic rings. The van der Waals surface area contributed by atoms with Crippen molar-refractivity contribution >= 4 is 24.1 Å². The number of nitriles is 2. The molecule has 0 aliphatic heterocycles. The minimum atomic E-state index is -0.678. The molecule has 0 amide bonds. The standard InChI is InChI=1S/C26H25N3O5/c1-18(21-8-4-19(5-9-21)14-22(16-27)25(30)32-2)29-12-13-34-24-10-6-20(7-11-24)15-23(17-28)26(31)33-3/h4-11,14-15,18,29H,12-13H2,1-3H3. The quantitative estimate of drug-likeness (QED) is 0.248. The number of carbonyl (C=O) groups is 2. The van der Waals surface area contributed by atoms with Crippen molar-refractivity contribution in [3.8, 4) is 17.9 Å². The molecule has 2 rings (SSSR count). The maximum Gasteiger partial charge on any atom is 0.348 e. The van der Waals surface area contributed by atoms with E-state index in [0.29, 0.717) is 24.5 Å². The largest absolute Gasteiger partial charge is 0.492 e. The molecule has 0 spiro atoms. The monoisotopic (exact) mass is 459 g/mol. The Labute approximate surface area is 198 Å². The summed E-state index contributed by atoms with van der Waals surface area (Å²) in [5.74, 6) is -0.679. The normalized spacial score (nSPS) is 12.1. The van der Waals surface area contributed by atoms with E-state index in [1.54, 1.807) is 24.3 Å². The molecule has 0 saturated heterocycles. The second-order valence-corrected chi connectivity index (χ2v) is 7.08. The molecule has 2 aromatic carbocycles. The molecular formula is C26H25N3O5. The number of hydrogen-bond acceptors (Lipinski definition) is 8. The van der Waals surface area contributed by atoms with E-state index in [1.165, 1.54) is 26.4 Å². The molecule has 174 valence electrons. The maximum atomic E-state index is 11.5. The molecule has 1 N–H and O–H groups in total. The number of methoxy groups -OCH3 is 2. The van der Waals surface area contributed by atoms with Gasteiger partial charge in [-0.1, -0.05) is 36.4 Å². The lowest BCUT2D eigenvalue weighted by atomic mass is 10.0. The van der Waals surface area contributed by atoms with Crippen LogP contribution in [-0.2, 0) is 19.1 Å². The van der Waals surface area contributed by atoms with Crippen LogP contribution in [0.1, 0.15) is 29.7 Å². The fourth-order valence-corrected chi connectivity index (χ4v) is 2.93. The van der Waals surface area contributed by atoms with E-state index >= 15 is 0 Å². The second kappa shape index (κ2) is 13.2. The third-order valence-corrected chi connectivity index (χ3v) is 4.81. The van der Waals surface area contributed by atoms with Gasteiger partial charge in [0.1, 0.15) is 35.6 Å². The molecule has 0 aliphatic rings. The molecular weight excluding hydrogens is 434 g/mol. The summed E-state index contributed by atoms with van der Waals surface area (Å²) >= 11 is 0. The molecule has 0 bridgehead atoms. The molecule has 8 nitrogen and oxygen atoms in total. The molecule has 0 saturated carbocycles. The highest BCUT2D eigenvalue weighted by molar-refractivity contribution is 5.98.